The molecule has 0 aromatic carbocycles. The van der Waals surface area contributed by atoms with Crippen LogP contribution in [0.15, 0.2) is 0 Å². The Morgan fingerprint density at radius 1 is 0.941 bits per heavy atom. The first-order chi connectivity index (χ1) is 8.38. The molecular weight excluding hydrogens is 210 g/mol. The predicted octanol–water partition coefficient (Wildman–Crippen LogP) is 4.09. The molecule has 0 saturated heterocycles. The molecule has 1 rings (SSSR count). The van der Waals surface area contributed by atoms with Crippen molar-refractivity contribution in [2.24, 2.45) is 0 Å². The average Bonchev–Trinajstić information content (AvgIpc) is 3.19. The van der Waals surface area contributed by atoms with Gasteiger partial charge in [-0.3, -0.25) is 0 Å². The van der Waals surface area contributed by atoms with E-state index >= 15 is 0 Å². The van der Waals surface area contributed by atoms with Gasteiger partial charge in [0.25, 0.3) is 0 Å². The first kappa shape index (κ1) is 16.9. The number of hydrogen-bond acceptors (Lipinski definition) is 2. The molecule has 1 fully saturated rings. The van der Waals surface area contributed by atoms with Crippen LogP contribution in [0.3, 0.4) is 0 Å². The van der Waals surface area contributed by atoms with Crippen molar-refractivity contribution in [2.75, 3.05) is 26.3 Å². The lowest BCUT2D eigenvalue weighted by Crippen LogP contribution is -2.28. The molecule has 0 spiro atoms. The van der Waals surface area contributed by atoms with E-state index in [1.54, 1.807) is 0 Å². The van der Waals surface area contributed by atoms with Crippen molar-refractivity contribution < 1.29 is 4.74 Å². The van der Waals surface area contributed by atoms with E-state index in [9.17, 15) is 0 Å². The summed E-state index contributed by atoms with van der Waals surface area (Å²) in [6.45, 7) is 12.9. The smallest absolute Gasteiger partial charge is 0.0478 e. The Balaban J connectivity index is 0.00000121. The van der Waals surface area contributed by atoms with Gasteiger partial charge in [0.15, 0.2) is 0 Å². The lowest BCUT2D eigenvalue weighted by molar-refractivity contribution is 0.117. The normalized spacial score (nSPS) is 14.6. The molecule has 2 heteroatoms. The van der Waals surface area contributed by atoms with Gasteiger partial charge in [-0.2, -0.15) is 0 Å². The zero-order chi connectivity index (χ0) is 12.9. The Morgan fingerprint density at radius 2 is 1.59 bits per heavy atom. The molecule has 1 aliphatic carbocycles. The predicted molar refractivity (Wildman–Crippen MR) is 76.6 cm³/mol. The first-order valence-electron chi connectivity index (χ1n) is 7.70. The van der Waals surface area contributed by atoms with Gasteiger partial charge in [0, 0.05) is 25.8 Å². The maximum atomic E-state index is 5.58. The fraction of sp³-hybridized carbons (Fsp3) is 1.00. The molecule has 104 valence electrons. The van der Waals surface area contributed by atoms with E-state index < -0.39 is 0 Å². The van der Waals surface area contributed by atoms with Crippen LogP contribution in [-0.4, -0.2) is 37.2 Å². The van der Waals surface area contributed by atoms with Crippen molar-refractivity contribution in [3.05, 3.63) is 0 Å². The second-order valence-corrected chi connectivity index (χ2v) is 4.59. The summed E-state index contributed by atoms with van der Waals surface area (Å²) in [6, 6.07) is 0.917. The molecule has 1 saturated carbocycles. The summed E-state index contributed by atoms with van der Waals surface area (Å²) >= 11 is 0. The van der Waals surface area contributed by atoms with Crippen LogP contribution in [0.25, 0.3) is 0 Å². The molecule has 17 heavy (non-hydrogen) atoms. The molecule has 0 N–H and O–H groups in total. The van der Waals surface area contributed by atoms with Gasteiger partial charge in [0.05, 0.1) is 0 Å². The molecule has 0 aliphatic heterocycles. The molecule has 0 unspecified atom stereocenters. The zero-order valence-corrected chi connectivity index (χ0v) is 12.5. The topological polar surface area (TPSA) is 12.5 Å². The molecule has 0 atom stereocenters. The van der Waals surface area contributed by atoms with Crippen molar-refractivity contribution in [1.29, 1.82) is 0 Å². The summed E-state index contributed by atoms with van der Waals surface area (Å²) in [7, 11) is 0. The summed E-state index contributed by atoms with van der Waals surface area (Å²) in [5.74, 6) is 0. The summed E-state index contributed by atoms with van der Waals surface area (Å²) in [5.41, 5.74) is 0. The van der Waals surface area contributed by atoms with Crippen LogP contribution in [0.2, 0.25) is 0 Å². The van der Waals surface area contributed by atoms with E-state index in [-0.39, 0.29) is 0 Å². The van der Waals surface area contributed by atoms with E-state index in [1.807, 2.05) is 13.8 Å². The summed E-state index contributed by atoms with van der Waals surface area (Å²) in [4.78, 5) is 2.64. The second-order valence-electron chi connectivity index (χ2n) is 4.59. The maximum Gasteiger partial charge on any atom is 0.0478 e. The lowest BCUT2D eigenvalue weighted by atomic mass is 10.3. The fourth-order valence-corrected chi connectivity index (χ4v) is 1.92. The van der Waals surface area contributed by atoms with Crippen molar-refractivity contribution in [3.63, 3.8) is 0 Å². The van der Waals surface area contributed by atoms with Crippen molar-refractivity contribution in [1.82, 2.24) is 4.90 Å². The van der Waals surface area contributed by atoms with E-state index in [4.69, 9.17) is 4.74 Å². The maximum absolute atomic E-state index is 5.58. The van der Waals surface area contributed by atoms with Gasteiger partial charge in [-0.15, -0.1) is 0 Å². The van der Waals surface area contributed by atoms with Crippen molar-refractivity contribution in [2.45, 2.75) is 72.3 Å². The van der Waals surface area contributed by atoms with Crippen LogP contribution < -0.4 is 0 Å². The Bertz CT molecular complexity index is 146. The Labute approximate surface area is 109 Å². The van der Waals surface area contributed by atoms with Crippen LogP contribution in [0, 0.1) is 0 Å². The largest absolute Gasteiger partial charge is 0.381 e. The van der Waals surface area contributed by atoms with Crippen LogP contribution in [-0.2, 0) is 4.74 Å². The third kappa shape index (κ3) is 9.61. The first-order valence-corrected chi connectivity index (χ1v) is 7.70. The van der Waals surface area contributed by atoms with Gasteiger partial charge < -0.3 is 9.64 Å². The number of unbranched alkanes of at least 4 members (excludes halogenated alkanes) is 1. The molecule has 0 aromatic heterocycles. The zero-order valence-electron chi connectivity index (χ0n) is 12.5. The van der Waals surface area contributed by atoms with Crippen molar-refractivity contribution in [3.8, 4) is 0 Å². The van der Waals surface area contributed by atoms with Gasteiger partial charge >= 0.3 is 0 Å². The molecular formula is C15H33NO. The van der Waals surface area contributed by atoms with Crippen LogP contribution >= 0.6 is 0 Å². The average molecular weight is 243 g/mol. The van der Waals surface area contributed by atoms with Gasteiger partial charge in [0.2, 0.25) is 0 Å². The van der Waals surface area contributed by atoms with Gasteiger partial charge in [-0.1, -0.05) is 34.1 Å². The number of rotatable bonds is 10. The molecule has 0 radical (unpaired) electrons. The van der Waals surface area contributed by atoms with Crippen LogP contribution in [0.4, 0.5) is 0 Å². The van der Waals surface area contributed by atoms with Crippen LogP contribution in [0.1, 0.15) is 66.2 Å². The Kier molecular flexibility index (Phi) is 12.3. The third-order valence-electron chi connectivity index (χ3n) is 2.95. The minimum atomic E-state index is 0.917. The summed E-state index contributed by atoms with van der Waals surface area (Å²) < 4.78 is 5.58. The molecule has 0 amide bonds. The summed E-state index contributed by atoms with van der Waals surface area (Å²) in [6.07, 6.45) is 7.80. The molecule has 0 aromatic rings. The highest BCUT2D eigenvalue weighted by molar-refractivity contribution is 4.83. The highest BCUT2D eigenvalue weighted by Crippen LogP contribution is 2.26. The monoisotopic (exact) mass is 243 g/mol. The van der Waals surface area contributed by atoms with Crippen LogP contribution in [0.5, 0.6) is 0 Å². The summed E-state index contributed by atoms with van der Waals surface area (Å²) in [5, 5.41) is 0. The third-order valence-corrected chi connectivity index (χ3v) is 2.95. The number of nitrogens with zero attached hydrogens (tertiary/aromatic N) is 1. The fourth-order valence-electron chi connectivity index (χ4n) is 1.92. The molecule has 0 heterocycles. The molecule has 2 nitrogen and oxygen atoms in total. The van der Waals surface area contributed by atoms with Gasteiger partial charge in [0.1, 0.15) is 0 Å². The van der Waals surface area contributed by atoms with E-state index in [2.05, 4.69) is 18.7 Å². The lowest BCUT2D eigenvalue weighted by Gasteiger charge is -2.20. The highest BCUT2D eigenvalue weighted by atomic mass is 16.5. The molecule has 1 aliphatic rings. The van der Waals surface area contributed by atoms with E-state index in [1.165, 1.54) is 51.6 Å². The number of hydrogen-bond donors (Lipinski definition) is 0. The highest BCUT2D eigenvalue weighted by Gasteiger charge is 2.27. The molecule has 0 bridgehead atoms. The second kappa shape index (κ2) is 12.4. The van der Waals surface area contributed by atoms with E-state index in [0.717, 1.165) is 19.3 Å². The Morgan fingerprint density at radius 3 is 2.12 bits per heavy atom. The minimum absolute atomic E-state index is 0.917. The van der Waals surface area contributed by atoms with E-state index in [0.29, 0.717) is 0 Å². The minimum Gasteiger partial charge on any atom is -0.381 e. The van der Waals surface area contributed by atoms with Gasteiger partial charge in [-0.25, -0.2) is 0 Å². The standard InChI is InChI=1S/C13H27NO.C2H6/c1-3-5-11-15-12-6-10-14(9-4-2)13-7-8-13;1-2/h13H,3-12H2,1-2H3;1-2H3. The Hall–Kier alpha value is -0.0800. The quantitative estimate of drug-likeness (QED) is 0.536. The van der Waals surface area contributed by atoms with Gasteiger partial charge in [-0.05, 0) is 38.6 Å². The van der Waals surface area contributed by atoms with Crippen molar-refractivity contribution >= 4 is 0 Å². The number of ether oxygens (including phenoxy) is 1. The SMILES string of the molecule is CC.CCCCOCCCN(CCC)C1CC1.